The summed E-state index contributed by atoms with van der Waals surface area (Å²) in [6, 6.07) is 9.20. The molecule has 0 fully saturated rings. The number of nitrogens with zero attached hydrogens (tertiary/aromatic N) is 3. The number of carbonyl (C=O) groups excluding carboxylic acids is 2. The predicted octanol–water partition coefficient (Wildman–Crippen LogP) is 3.78. The van der Waals surface area contributed by atoms with Gasteiger partial charge in [-0.2, -0.15) is 5.10 Å². The first-order valence-corrected chi connectivity index (χ1v) is 9.18. The van der Waals surface area contributed by atoms with Crippen molar-refractivity contribution in [3.8, 4) is 11.5 Å². The molecule has 0 aliphatic heterocycles. The fourth-order valence-corrected chi connectivity index (χ4v) is 2.57. The fourth-order valence-electron chi connectivity index (χ4n) is 2.27. The zero-order chi connectivity index (χ0) is 21.5. The number of ether oxygens (including phenoxy) is 2. The van der Waals surface area contributed by atoms with E-state index in [-0.39, 0.29) is 22.0 Å². The molecule has 0 spiro atoms. The summed E-state index contributed by atoms with van der Waals surface area (Å²) in [5.41, 5.74) is 3.31. The number of nitrogens with one attached hydrogen (secondary N) is 1. The highest BCUT2D eigenvalue weighted by Gasteiger charge is 2.14. The molecule has 0 unspecified atom stereocenters. The van der Waals surface area contributed by atoms with E-state index in [1.54, 1.807) is 18.2 Å². The Labute approximate surface area is 181 Å². The van der Waals surface area contributed by atoms with Crippen LogP contribution in [-0.2, 0) is 0 Å². The van der Waals surface area contributed by atoms with Crippen LogP contribution < -0.4 is 14.9 Å². The summed E-state index contributed by atoms with van der Waals surface area (Å²) in [5, 5.41) is 4.44. The van der Waals surface area contributed by atoms with Gasteiger partial charge in [0.25, 0.3) is 5.91 Å². The molecular formula is C20H14Cl2N4O4. The van der Waals surface area contributed by atoms with Crippen molar-refractivity contribution in [2.75, 3.05) is 7.11 Å². The van der Waals surface area contributed by atoms with Crippen molar-refractivity contribution in [2.45, 2.75) is 0 Å². The van der Waals surface area contributed by atoms with Gasteiger partial charge < -0.3 is 9.47 Å². The van der Waals surface area contributed by atoms with Crippen LogP contribution in [0, 0.1) is 0 Å². The second-order valence-corrected chi connectivity index (χ2v) is 6.53. The van der Waals surface area contributed by atoms with Crippen LogP contribution in [0.1, 0.15) is 26.4 Å². The van der Waals surface area contributed by atoms with Crippen LogP contribution in [-0.4, -0.2) is 35.2 Å². The summed E-state index contributed by atoms with van der Waals surface area (Å²) in [7, 11) is 1.43. The number of aromatic nitrogens is 2. The third-order valence-electron chi connectivity index (χ3n) is 3.72. The normalized spacial score (nSPS) is 10.6. The van der Waals surface area contributed by atoms with E-state index in [1.807, 2.05) is 0 Å². The van der Waals surface area contributed by atoms with E-state index in [2.05, 4.69) is 20.5 Å². The molecular weight excluding hydrogens is 431 g/mol. The molecule has 1 aromatic heterocycles. The lowest BCUT2D eigenvalue weighted by Crippen LogP contribution is -2.19. The van der Waals surface area contributed by atoms with Crippen LogP contribution in [0.15, 0.2) is 60.1 Å². The monoisotopic (exact) mass is 444 g/mol. The van der Waals surface area contributed by atoms with E-state index in [1.165, 1.54) is 50.1 Å². The molecule has 2 aromatic carbocycles. The van der Waals surface area contributed by atoms with Gasteiger partial charge in [-0.1, -0.05) is 23.2 Å². The first-order valence-electron chi connectivity index (χ1n) is 8.42. The lowest BCUT2D eigenvalue weighted by atomic mass is 10.2. The predicted molar refractivity (Wildman–Crippen MR) is 112 cm³/mol. The molecule has 0 radical (unpaired) electrons. The third-order valence-corrected chi connectivity index (χ3v) is 4.46. The minimum atomic E-state index is -0.621. The van der Waals surface area contributed by atoms with Crippen molar-refractivity contribution >= 4 is 41.3 Å². The molecule has 0 saturated carbocycles. The molecule has 1 heterocycles. The van der Waals surface area contributed by atoms with Gasteiger partial charge in [0.1, 0.15) is 5.69 Å². The van der Waals surface area contributed by atoms with E-state index in [9.17, 15) is 9.59 Å². The summed E-state index contributed by atoms with van der Waals surface area (Å²) in [6.45, 7) is 0. The Morgan fingerprint density at radius 1 is 1.07 bits per heavy atom. The van der Waals surface area contributed by atoms with E-state index in [0.717, 1.165) is 0 Å². The van der Waals surface area contributed by atoms with E-state index in [4.69, 9.17) is 32.7 Å². The lowest BCUT2D eigenvalue weighted by molar-refractivity contribution is 0.0729. The van der Waals surface area contributed by atoms with Gasteiger partial charge in [-0.25, -0.2) is 15.2 Å². The molecule has 1 amide bonds. The molecule has 0 atom stereocenters. The second kappa shape index (κ2) is 9.82. The number of methoxy groups -OCH3 is 1. The molecule has 10 heteroatoms. The Kier molecular flexibility index (Phi) is 6.95. The zero-order valence-corrected chi connectivity index (χ0v) is 17.0. The van der Waals surface area contributed by atoms with Crippen LogP contribution in [0.3, 0.4) is 0 Å². The van der Waals surface area contributed by atoms with Gasteiger partial charge in [0, 0.05) is 12.4 Å². The lowest BCUT2D eigenvalue weighted by Gasteiger charge is -2.10. The van der Waals surface area contributed by atoms with Gasteiger partial charge in [0.05, 0.1) is 35.1 Å². The molecule has 0 saturated heterocycles. The fraction of sp³-hybridized carbons (Fsp3) is 0.0500. The van der Waals surface area contributed by atoms with Crippen LogP contribution >= 0.6 is 23.2 Å². The number of esters is 1. The molecule has 8 nitrogen and oxygen atoms in total. The van der Waals surface area contributed by atoms with Crippen LogP contribution in [0.2, 0.25) is 10.0 Å². The van der Waals surface area contributed by atoms with Crippen molar-refractivity contribution in [1.29, 1.82) is 0 Å². The highest BCUT2D eigenvalue weighted by atomic mass is 35.5. The van der Waals surface area contributed by atoms with Crippen LogP contribution in [0.5, 0.6) is 11.5 Å². The molecule has 0 aliphatic rings. The number of rotatable bonds is 6. The van der Waals surface area contributed by atoms with Crippen molar-refractivity contribution in [1.82, 2.24) is 15.4 Å². The number of carbonyl (C=O) groups is 2. The number of hydrogen-bond donors (Lipinski definition) is 1. The van der Waals surface area contributed by atoms with Gasteiger partial charge in [-0.3, -0.25) is 9.78 Å². The zero-order valence-electron chi connectivity index (χ0n) is 15.5. The number of hydrazone groups is 1. The average molecular weight is 445 g/mol. The minimum Gasteiger partial charge on any atom is -0.493 e. The van der Waals surface area contributed by atoms with E-state index < -0.39 is 11.9 Å². The third kappa shape index (κ3) is 5.31. The van der Waals surface area contributed by atoms with Gasteiger partial charge in [0.15, 0.2) is 11.5 Å². The summed E-state index contributed by atoms with van der Waals surface area (Å²) < 4.78 is 10.6. The standard InChI is InChI=1S/C20H14Cl2N4O4/c1-29-18-8-12(10-25-26-19(27)16-11-23-6-7-24-16)2-5-17(18)30-20(28)13-3-4-14(21)15(22)9-13/h2-11H,1H3,(H,26,27)/b25-10+. The molecule has 3 aromatic rings. The van der Waals surface area contributed by atoms with Crippen molar-refractivity contribution in [2.24, 2.45) is 5.10 Å². The van der Waals surface area contributed by atoms with Gasteiger partial charge >= 0.3 is 5.97 Å². The van der Waals surface area contributed by atoms with E-state index in [0.29, 0.717) is 16.3 Å². The SMILES string of the molecule is COc1cc(/C=N/NC(=O)c2cnccn2)ccc1OC(=O)c1ccc(Cl)c(Cl)c1. The number of halogens is 2. The minimum absolute atomic E-state index is 0.136. The molecule has 0 bridgehead atoms. The molecule has 1 N–H and O–H groups in total. The highest BCUT2D eigenvalue weighted by molar-refractivity contribution is 6.42. The number of benzene rings is 2. The molecule has 152 valence electrons. The van der Waals surface area contributed by atoms with Crippen LogP contribution in [0.4, 0.5) is 0 Å². The molecule has 30 heavy (non-hydrogen) atoms. The summed E-state index contributed by atoms with van der Waals surface area (Å²) in [6.07, 6.45) is 5.59. The summed E-state index contributed by atoms with van der Waals surface area (Å²) in [5.74, 6) is -0.620. The van der Waals surface area contributed by atoms with Crippen LogP contribution in [0.25, 0.3) is 0 Å². The Morgan fingerprint density at radius 3 is 2.60 bits per heavy atom. The smallest absolute Gasteiger partial charge is 0.343 e. The van der Waals surface area contributed by atoms with E-state index >= 15 is 0 Å². The van der Waals surface area contributed by atoms with Gasteiger partial charge in [-0.05, 0) is 42.0 Å². The molecule has 0 aliphatic carbocycles. The average Bonchev–Trinajstić information content (AvgIpc) is 2.77. The van der Waals surface area contributed by atoms with Gasteiger partial charge in [-0.15, -0.1) is 0 Å². The maximum absolute atomic E-state index is 12.3. The Balaban J connectivity index is 1.69. The van der Waals surface area contributed by atoms with Gasteiger partial charge in [0.2, 0.25) is 0 Å². The quantitative estimate of drug-likeness (QED) is 0.268. The number of amides is 1. The molecule has 3 rings (SSSR count). The first-order chi connectivity index (χ1) is 14.5. The first kappa shape index (κ1) is 21.2. The Bertz CT molecular complexity index is 1110. The maximum Gasteiger partial charge on any atom is 0.343 e. The van der Waals surface area contributed by atoms with Crippen molar-refractivity contribution in [3.05, 3.63) is 81.9 Å². The maximum atomic E-state index is 12.3. The Morgan fingerprint density at radius 2 is 1.90 bits per heavy atom. The Hall–Kier alpha value is -3.49. The highest BCUT2D eigenvalue weighted by Crippen LogP contribution is 2.29. The summed E-state index contributed by atoms with van der Waals surface area (Å²) in [4.78, 5) is 31.9. The second-order valence-electron chi connectivity index (χ2n) is 5.72. The van der Waals surface area contributed by atoms with Crippen molar-refractivity contribution in [3.63, 3.8) is 0 Å². The summed E-state index contributed by atoms with van der Waals surface area (Å²) >= 11 is 11.8. The topological polar surface area (TPSA) is 103 Å². The van der Waals surface area contributed by atoms with Crippen molar-refractivity contribution < 1.29 is 19.1 Å². The largest absolute Gasteiger partial charge is 0.493 e. The number of hydrogen-bond acceptors (Lipinski definition) is 7.